The minimum Gasteiger partial charge on any atom is -0.493 e. The Morgan fingerprint density at radius 2 is 2.03 bits per heavy atom. The van der Waals surface area contributed by atoms with Crippen LogP contribution < -0.4 is 0 Å². The largest absolute Gasteiger partial charge is 0.493 e. The second-order valence-corrected chi connectivity index (χ2v) is 8.79. The van der Waals surface area contributed by atoms with Crippen molar-refractivity contribution in [2.24, 2.45) is 10.9 Å². The van der Waals surface area contributed by atoms with E-state index >= 15 is 0 Å². The first-order valence-electron chi connectivity index (χ1n) is 11.8. The lowest BCUT2D eigenvalue weighted by Gasteiger charge is -2.26. The van der Waals surface area contributed by atoms with Gasteiger partial charge < -0.3 is 4.74 Å². The van der Waals surface area contributed by atoms with Crippen molar-refractivity contribution in [2.75, 3.05) is 26.2 Å². The van der Waals surface area contributed by atoms with Gasteiger partial charge in [0.2, 0.25) is 0 Å². The Balaban J connectivity index is 1.21. The number of hydrogen-bond acceptors (Lipinski definition) is 5. The monoisotopic (exact) mass is 429 g/mol. The van der Waals surface area contributed by atoms with E-state index in [2.05, 4.69) is 45.5 Å². The van der Waals surface area contributed by atoms with Crippen molar-refractivity contribution in [2.45, 2.75) is 38.5 Å². The Labute approximate surface area is 189 Å². The van der Waals surface area contributed by atoms with Gasteiger partial charge in [0.05, 0.1) is 6.20 Å². The molecule has 2 aromatic rings. The normalized spacial score (nSPS) is 21.4. The van der Waals surface area contributed by atoms with Crippen LogP contribution in [0.2, 0.25) is 0 Å². The number of likely N-dealkylation sites (tertiary alicyclic amines) is 1. The topological polar surface area (TPSA) is 55.0 Å². The van der Waals surface area contributed by atoms with Gasteiger partial charge in [-0.05, 0) is 80.5 Å². The highest BCUT2D eigenvalue weighted by molar-refractivity contribution is 5.89. The second kappa shape index (κ2) is 10.1. The van der Waals surface area contributed by atoms with Crippen LogP contribution in [0.1, 0.15) is 43.2 Å². The number of hydrogen-bond donors (Lipinski definition) is 0. The maximum atomic E-state index is 6.08. The van der Waals surface area contributed by atoms with Crippen LogP contribution in [0.3, 0.4) is 0 Å². The summed E-state index contributed by atoms with van der Waals surface area (Å²) in [6.45, 7) is 4.22. The van der Waals surface area contributed by atoms with Crippen molar-refractivity contribution >= 4 is 17.4 Å². The van der Waals surface area contributed by atoms with E-state index in [9.17, 15) is 0 Å². The molecule has 3 aliphatic rings. The van der Waals surface area contributed by atoms with Crippen molar-refractivity contribution < 1.29 is 4.74 Å². The van der Waals surface area contributed by atoms with Crippen molar-refractivity contribution in [3.05, 3.63) is 72.1 Å². The minimum absolute atomic E-state index is 0.421. The maximum Gasteiger partial charge on any atom is 0.162 e. The smallest absolute Gasteiger partial charge is 0.162 e. The number of fused-ring (bicyclic) bond motifs is 1. The number of ether oxygens (including phenoxy) is 1. The number of aromatic nitrogens is 3. The summed E-state index contributed by atoms with van der Waals surface area (Å²) in [7, 11) is 0. The summed E-state index contributed by atoms with van der Waals surface area (Å²) in [6, 6.07) is 0. The molecule has 4 heterocycles. The first-order chi connectivity index (χ1) is 15.8. The first-order valence-corrected chi connectivity index (χ1v) is 11.8. The average molecular weight is 430 g/mol. The fourth-order valence-corrected chi connectivity index (χ4v) is 4.67. The highest BCUT2D eigenvalue weighted by Crippen LogP contribution is 2.25. The van der Waals surface area contributed by atoms with E-state index in [1.165, 1.54) is 43.5 Å². The summed E-state index contributed by atoms with van der Waals surface area (Å²) < 4.78 is 7.98. The van der Waals surface area contributed by atoms with Crippen LogP contribution in [0.15, 0.2) is 65.9 Å². The van der Waals surface area contributed by atoms with E-state index in [0.717, 1.165) is 49.4 Å². The molecule has 0 amide bonds. The molecule has 1 fully saturated rings. The zero-order chi connectivity index (χ0) is 21.6. The number of nitrogens with zero attached hydrogens (tertiary/aromatic N) is 5. The zero-order valence-electron chi connectivity index (χ0n) is 18.6. The third-order valence-corrected chi connectivity index (χ3v) is 6.39. The summed E-state index contributed by atoms with van der Waals surface area (Å²) in [5.41, 5.74) is 4.33. The van der Waals surface area contributed by atoms with E-state index < -0.39 is 0 Å². The number of allylic oxidation sites excluding steroid dienone is 6. The molecule has 1 saturated heterocycles. The molecule has 6 heteroatoms. The molecule has 0 radical (unpaired) electrons. The lowest BCUT2D eigenvalue weighted by atomic mass is 9.94. The quantitative estimate of drug-likeness (QED) is 0.645. The predicted octanol–water partition coefficient (Wildman–Crippen LogP) is 4.61. The zero-order valence-corrected chi connectivity index (χ0v) is 18.6. The van der Waals surface area contributed by atoms with E-state index in [1.54, 1.807) is 0 Å². The van der Waals surface area contributed by atoms with Gasteiger partial charge in [-0.1, -0.05) is 18.6 Å². The van der Waals surface area contributed by atoms with Crippen LogP contribution >= 0.6 is 0 Å². The molecule has 2 aromatic heterocycles. The van der Waals surface area contributed by atoms with Gasteiger partial charge in [0.25, 0.3) is 0 Å². The third kappa shape index (κ3) is 5.07. The van der Waals surface area contributed by atoms with Crippen molar-refractivity contribution in [3.63, 3.8) is 0 Å². The fraction of sp³-hybridized carbons (Fsp3) is 0.423. The molecule has 1 unspecified atom stereocenters. The maximum absolute atomic E-state index is 6.08. The molecular formula is C26H31N5O. The molecule has 32 heavy (non-hydrogen) atoms. The molecule has 2 aliphatic heterocycles. The highest BCUT2D eigenvalue weighted by atomic mass is 16.5. The first kappa shape index (κ1) is 20.9. The van der Waals surface area contributed by atoms with E-state index in [4.69, 9.17) is 9.72 Å². The van der Waals surface area contributed by atoms with E-state index in [-0.39, 0.29) is 0 Å². The molecule has 166 valence electrons. The Kier molecular flexibility index (Phi) is 6.58. The average Bonchev–Trinajstić information content (AvgIpc) is 3.05. The Hall–Kier alpha value is -2.99. The summed E-state index contributed by atoms with van der Waals surface area (Å²) in [6.07, 6.45) is 27.2. The predicted molar refractivity (Wildman–Crippen MR) is 128 cm³/mol. The van der Waals surface area contributed by atoms with Crippen LogP contribution in [0.4, 0.5) is 0 Å². The van der Waals surface area contributed by atoms with Gasteiger partial charge in [-0.15, -0.1) is 0 Å². The van der Waals surface area contributed by atoms with Crippen LogP contribution in [0.25, 0.3) is 11.2 Å². The Morgan fingerprint density at radius 1 is 1.09 bits per heavy atom. The SMILES string of the molecule is C1=CN=CC=C(c2cnn3cc(CC4C=C(OCCN5CCCCC5)C=CC4)cnc23)C1. The molecule has 0 N–H and O–H groups in total. The Morgan fingerprint density at radius 3 is 2.97 bits per heavy atom. The fourth-order valence-electron chi connectivity index (χ4n) is 4.67. The van der Waals surface area contributed by atoms with Crippen LogP contribution in [-0.4, -0.2) is 52.0 Å². The molecule has 1 atom stereocenters. The second-order valence-electron chi connectivity index (χ2n) is 8.79. The van der Waals surface area contributed by atoms with Gasteiger partial charge in [-0.2, -0.15) is 5.10 Å². The summed E-state index contributed by atoms with van der Waals surface area (Å²) >= 11 is 0. The van der Waals surface area contributed by atoms with Crippen molar-refractivity contribution in [1.82, 2.24) is 19.5 Å². The molecule has 6 nitrogen and oxygen atoms in total. The van der Waals surface area contributed by atoms with E-state index in [0.29, 0.717) is 5.92 Å². The summed E-state index contributed by atoms with van der Waals surface area (Å²) in [5, 5.41) is 4.56. The van der Waals surface area contributed by atoms with Crippen LogP contribution in [-0.2, 0) is 11.2 Å². The molecule has 1 aliphatic carbocycles. The van der Waals surface area contributed by atoms with E-state index in [1.807, 2.05) is 35.4 Å². The Bertz CT molecular complexity index is 1080. The number of rotatable bonds is 7. The number of aliphatic imine (C=N–C) groups is 1. The molecule has 0 aromatic carbocycles. The highest BCUT2D eigenvalue weighted by Gasteiger charge is 2.15. The summed E-state index contributed by atoms with van der Waals surface area (Å²) in [4.78, 5) is 11.4. The van der Waals surface area contributed by atoms with Gasteiger partial charge in [0, 0.05) is 36.9 Å². The lowest BCUT2D eigenvalue weighted by Crippen LogP contribution is -2.32. The van der Waals surface area contributed by atoms with Gasteiger partial charge in [-0.25, -0.2) is 9.50 Å². The van der Waals surface area contributed by atoms with Gasteiger partial charge in [-0.3, -0.25) is 9.89 Å². The summed E-state index contributed by atoms with van der Waals surface area (Å²) in [5.74, 6) is 1.42. The van der Waals surface area contributed by atoms with Crippen molar-refractivity contribution in [3.8, 4) is 0 Å². The minimum atomic E-state index is 0.421. The third-order valence-electron chi connectivity index (χ3n) is 6.39. The van der Waals surface area contributed by atoms with Gasteiger partial charge >= 0.3 is 0 Å². The molecule has 0 saturated carbocycles. The van der Waals surface area contributed by atoms with Crippen LogP contribution in [0, 0.1) is 5.92 Å². The molecular weight excluding hydrogens is 398 g/mol. The standard InChI is InChI=1S/C26H31N5O/c1-2-12-30(13-3-1)14-15-32-24-8-4-6-21(17-24)16-22-18-28-26-25(19-29-31(26)20-22)23-7-5-10-27-11-9-23/h4-5,8-11,17-21H,1-3,6-7,12-16H2. The van der Waals surface area contributed by atoms with Gasteiger partial charge in [0.15, 0.2) is 5.65 Å². The molecule has 5 rings (SSSR count). The van der Waals surface area contributed by atoms with Gasteiger partial charge in [0.1, 0.15) is 12.4 Å². The molecule has 0 spiro atoms. The lowest BCUT2D eigenvalue weighted by molar-refractivity contribution is 0.147. The number of piperidine rings is 1. The molecule has 0 bridgehead atoms. The van der Waals surface area contributed by atoms with Crippen LogP contribution in [0.5, 0.6) is 0 Å². The van der Waals surface area contributed by atoms with Crippen molar-refractivity contribution in [1.29, 1.82) is 0 Å².